The summed E-state index contributed by atoms with van der Waals surface area (Å²) in [5.74, 6) is 0. The summed E-state index contributed by atoms with van der Waals surface area (Å²) in [6.07, 6.45) is 15.9. The van der Waals surface area contributed by atoms with Crippen LogP contribution in [0.5, 0.6) is 0 Å². The van der Waals surface area contributed by atoms with Crippen LogP contribution in [-0.2, 0) is 25.8 Å². The fourth-order valence-corrected chi connectivity index (χ4v) is 2.67. The second-order valence-electron chi connectivity index (χ2n) is 5.33. The smallest absolute Gasteiger partial charge is 1.00 e. The van der Waals surface area contributed by atoms with Crippen molar-refractivity contribution in [2.45, 2.75) is 85.0 Å². The Balaban J connectivity index is -0.000000963. The molecule has 0 amide bonds. The standard InChI is InChI=1S/C17H30.2ClH.Hf/c1-4-7-10-15-13-14-16(11-8-5-2)17(15)12-9-6-3;;;/h13H,4-12,14H2,1-3H3;2*1H;/q;;;+2/p-2. The Bertz CT molecular complexity index is 283. The normalized spacial score (nSPS) is 13.2. The van der Waals surface area contributed by atoms with E-state index in [1.807, 2.05) is 0 Å². The Morgan fingerprint density at radius 1 is 0.800 bits per heavy atom. The largest absolute Gasteiger partial charge is 2.00 e. The van der Waals surface area contributed by atoms with Crippen molar-refractivity contribution in [3.05, 3.63) is 22.8 Å². The molecule has 0 fully saturated rings. The van der Waals surface area contributed by atoms with Crippen LogP contribution in [0.4, 0.5) is 0 Å². The minimum Gasteiger partial charge on any atom is -1.00 e. The average molecular weight is 484 g/mol. The van der Waals surface area contributed by atoms with Gasteiger partial charge in [0.15, 0.2) is 0 Å². The Morgan fingerprint density at radius 2 is 1.30 bits per heavy atom. The van der Waals surface area contributed by atoms with Gasteiger partial charge >= 0.3 is 25.8 Å². The Kier molecular flexibility index (Phi) is 21.1. The van der Waals surface area contributed by atoms with E-state index in [1.54, 1.807) is 16.7 Å². The van der Waals surface area contributed by atoms with Crippen molar-refractivity contribution in [1.29, 1.82) is 0 Å². The number of hydrogen-bond acceptors (Lipinski definition) is 0. The van der Waals surface area contributed by atoms with E-state index in [4.69, 9.17) is 0 Å². The van der Waals surface area contributed by atoms with E-state index in [0.29, 0.717) is 0 Å². The third-order valence-electron chi connectivity index (χ3n) is 3.82. The minimum absolute atomic E-state index is 0. The minimum atomic E-state index is 0. The molecule has 0 aliphatic heterocycles. The topological polar surface area (TPSA) is 0 Å². The van der Waals surface area contributed by atoms with Crippen molar-refractivity contribution in [2.24, 2.45) is 0 Å². The molecule has 0 radical (unpaired) electrons. The molecular weight excluding hydrogens is 454 g/mol. The molecule has 1 aliphatic rings. The molecule has 0 nitrogen and oxygen atoms in total. The van der Waals surface area contributed by atoms with Crippen LogP contribution in [0.3, 0.4) is 0 Å². The van der Waals surface area contributed by atoms with Gasteiger partial charge in [-0.05, 0) is 56.1 Å². The zero-order valence-electron chi connectivity index (χ0n) is 13.4. The van der Waals surface area contributed by atoms with Crippen LogP contribution in [0.1, 0.15) is 85.0 Å². The summed E-state index contributed by atoms with van der Waals surface area (Å²) in [6, 6.07) is 0. The van der Waals surface area contributed by atoms with Crippen molar-refractivity contribution in [3.63, 3.8) is 0 Å². The molecule has 0 unspecified atom stereocenters. The predicted octanol–water partition coefficient (Wildman–Crippen LogP) is 0.189. The van der Waals surface area contributed by atoms with Crippen molar-refractivity contribution in [2.75, 3.05) is 0 Å². The van der Waals surface area contributed by atoms with E-state index in [9.17, 15) is 0 Å². The molecule has 0 heterocycles. The maximum Gasteiger partial charge on any atom is 2.00 e. The van der Waals surface area contributed by atoms with E-state index in [2.05, 4.69) is 26.8 Å². The molecule has 0 aromatic rings. The van der Waals surface area contributed by atoms with E-state index >= 15 is 0 Å². The molecule has 116 valence electrons. The molecule has 0 aromatic heterocycles. The second kappa shape index (κ2) is 16.3. The third kappa shape index (κ3) is 9.05. The Labute approximate surface area is 157 Å². The number of hydrogen-bond donors (Lipinski definition) is 0. The monoisotopic (exact) mass is 484 g/mol. The quantitative estimate of drug-likeness (QED) is 0.411. The van der Waals surface area contributed by atoms with Gasteiger partial charge in [-0.3, -0.25) is 0 Å². The van der Waals surface area contributed by atoms with E-state index in [0.717, 1.165) is 0 Å². The summed E-state index contributed by atoms with van der Waals surface area (Å²) in [7, 11) is 0. The SMILES string of the molecule is CCCCC1=CCC(CCCC)=C1CCCC.[Cl-].[Cl-].[Hf+2]. The predicted molar refractivity (Wildman–Crippen MR) is 78.3 cm³/mol. The maximum absolute atomic E-state index is 2.52. The second-order valence-corrected chi connectivity index (χ2v) is 5.33. The first kappa shape index (κ1) is 25.9. The summed E-state index contributed by atoms with van der Waals surface area (Å²) in [5, 5.41) is 0. The summed E-state index contributed by atoms with van der Waals surface area (Å²) < 4.78 is 0. The van der Waals surface area contributed by atoms with Gasteiger partial charge in [0.05, 0.1) is 0 Å². The van der Waals surface area contributed by atoms with Crippen molar-refractivity contribution < 1.29 is 50.7 Å². The number of unbranched alkanes of at least 4 members (excludes halogenated alkanes) is 3. The van der Waals surface area contributed by atoms with Crippen LogP contribution in [-0.4, -0.2) is 0 Å². The van der Waals surface area contributed by atoms with E-state index < -0.39 is 0 Å². The van der Waals surface area contributed by atoms with E-state index in [-0.39, 0.29) is 50.7 Å². The van der Waals surface area contributed by atoms with Crippen molar-refractivity contribution >= 4 is 0 Å². The summed E-state index contributed by atoms with van der Waals surface area (Å²) in [6.45, 7) is 6.90. The molecular formula is C17H30Cl2Hf. The molecule has 0 atom stereocenters. The van der Waals surface area contributed by atoms with Crippen LogP contribution in [0.15, 0.2) is 22.8 Å². The van der Waals surface area contributed by atoms with Gasteiger partial charge in [-0.25, -0.2) is 0 Å². The van der Waals surface area contributed by atoms with Crippen molar-refractivity contribution in [1.82, 2.24) is 0 Å². The van der Waals surface area contributed by atoms with Gasteiger partial charge in [-0.15, -0.1) is 0 Å². The first-order valence-corrected chi connectivity index (χ1v) is 7.73. The molecule has 0 bridgehead atoms. The van der Waals surface area contributed by atoms with Gasteiger partial charge in [0.25, 0.3) is 0 Å². The molecule has 0 saturated carbocycles. The van der Waals surface area contributed by atoms with Gasteiger partial charge in [-0.1, -0.05) is 51.7 Å². The molecule has 0 N–H and O–H groups in total. The Hall–Kier alpha value is 0.930. The number of rotatable bonds is 9. The van der Waals surface area contributed by atoms with Gasteiger partial charge in [0, 0.05) is 0 Å². The molecule has 3 heteroatoms. The molecule has 20 heavy (non-hydrogen) atoms. The molecule has 0 saturated heterocycles. The van der Waals surface area contributed by atoms with Gasteiger partial charge < -0.3 is 24.8 Å². The van der Waals surface area contributed by atoms with Crippen LogP contribution >= 0.6 is 0 Å². The van der Waals surface area contributed by atoms with Gasteiger partial charge in [-0.2, -0.15) is 0 Å². The Morgan fingerprint density at radius 3 is 1.85 bits per heavy atom. The van der Waals surface area contributed by atoms with Gasteiger partial charge in [0.1, 0.15) is 0 Å². The molecule has 0 aromatic carbocycles. The van der Waals surface area contributed by atoms with Crippen LogP contribution in [0.25, 0.3) is 0 Å². The first-order chi connectivity index (χ1) is 8.33. The summed E-state index contributed by atoms with van der Waals surface area (Å²) in [4.78, 5) is 0. The zero-order chi connectivity index (χ0) is 12.5. The molecule has 0 spiro atoms. The third-order valence-corrected chi connectivity index (χ3v) is 3.82. The number of halogens is 2. The summed E-state index contributed by atoms with van der Waals surface area (Å²) in [5.41, 5.74) is 5.23. The van der Waals surface area contributed by atoms with Crippen LogP contribution < -0.4 is 24.8 Å². The zero-order valence-corrected chi connectivity index (χ0v) is 18.5. The number of allylic oxidation sites excluding steroid dienone is 4. The average Bonchev–Trinajstić information content (AvgIpc) is 2.73. The van der Waals surface area contributed by atoms with E-state index in [1.165, 1.54) is 64.2 Å². The fourth-order valence-electron chi connectivity index (χ4n) is 2.67. The summed E-state index contributed by atoms with van der Waals surface area (Å²) >= 11 is 0. The van der Waals surface area contributed by atoms with Crippen LogP contribution in [0.2, 0.25) is 0 Å². The van der Waals surface area contributed by atoms with Crippen molar-refractivity contribution in [3.8, 4) is 0 Å². The maximum atomic E-state index is 2.52. The van der Waals surface area contributed by atoms with Gasteiger partial charge in [0.2, 0.25) is 0 Å². The first-order valence-electron chi connectivity index (χ1n) is 7.73. The molecule has 1 rings (SSSR count). The fraction of sp³-hybridized carbons (Fsp3) is 0.765. The molecule has 1 aliphatic carbocycles. The van der Waals surface area contributed by atoms with Crippen LogP contribution in [0, 0.1) is 0 Å².